The van der Waals surface area contributed by atoms with Crippen molar-refractivity contribution in [1.82, 2.24) is 9.97 Å². The second-order valence-corrected chi connectivity index (χ2v) is 8.87. The smallest absolute Gasteiger partial charge is 0.301 e. The van der Waals surface area contributed by atoms with Gasteiger partial charge in [-0.1, -0.05) is 41.1 Å². The number of Topliss-reactive ketones (excluding diaryl/α,β-unsaturated/α-hetero) is 1. The van der Waals surface area contributed by atoms with E-state index in [1.807, 2.05) is 25.1 Å². The minimum absolute atomic E-state index is 0.000964. The molecule has 3 heterocycles. The second kappa shape index (κ2) is 7.85. The first kappa shape index (κ1) is 20.4. The van der Waals surface area contributed by atoms with Gasteiger partial charge in [-0.15, -0.1) is 0 Å². The van der Waals surface area contributed by atoms with Gasteiger partial charge in [0.05, 0.1) is 21.8 Å². The maximum atomic E-state index is 13.2. The largest absolute Gasteiger partial charge is 0.507 e. The Morgan fingerprint density at radius 1 is 1.06 bits per heavy atom. The number of aliphatic hydroxyl groups is 1. The fourth-order valence-corrected chi connectivity index (χ4v) is 4.99. The van der Waals surface area contributed by atoms with Crippen LogP contribution < -0.4 is 4.90 Å². The predicted octanol–water partition coefficient (Wildman–Crippen LogP) is 5.28. The monoisotopic (exact) mass is 461 g/mol. The molecular weight excluding hydrogens is 446 g/mol. The molecule has 32 heavy (non-hydrogen) atoms. The lowest BCUT2D eigenvalue weighted by atomic mass is 9.96. The van der Waals surface area contributed by atoms with Gasteiger partial charge in [-0.3, -0.25) is 19.5 Å². The van der Waals surface area contributed by atoms with Gasteiger partial charge in [-0.05, 0) is 54.4 Å². The number of halogens is 1. The standard InChI is InChI=1S/C24H16ClN3O3S/c1-13-2-7-17-18(12-13)32-24(27-17)28-20(14-3-5-16(25)6-4-14)19(22(30)23(28)31)21(29)15-8-10-26-11-9-15/h2-12,20,29H,1H3/b21-19+. The van der Waals surface area contributed by atoms with Gasteiger partial charge >= 0.3 is 5.91 Å². The number of thiazole rings is 1. The van der Waals surface area contributed by atoms with Crippen LogP contribution in [0.1, 0.15) is 22.7 Å². The van der Waals surface area contributed by atoms with Crippen LogP contribution in [-0.4, -0.2) is 26.8 Å². The highest BCUT2D eigenvalue weighted by molar-refractivity contribution is 7.22. The molecule has 1 fully saturated rings. The zero-order valence-electron chi connectivity index (χ0n) is 16.8. The summed E-state index contributed by atoms with van der Waals surface area (Å²) >= 11 is 7.39. The van der Waals surface area contributed by atoms with Gasteiger partial charge in [-0.25, -0.2) is 4.98 Å². The van der Waals surface area contributed by atoms with Gasteiger partial charge < -0.3 is 5.11 Å². The Labute approximate surface area is 192 Å². The summed E-state index contributed by atoms with van der Waals surface area (Å²) in [6.07, 6.45) is 3.02. The number of aryl methyl sites for hydroxylation is 1. The molecule has 6 nitrogen and oxygen atoms in total. The lowest BCUT2D eigenvalue weighted by Crippen LogP contribution is -2.29. The fourth-order valence-electron chi connectivity index (χ4n) is 3.78. The zero-order valence-corrected chi connectivity index (χ0v) is 18.4. The van der Waals surface area contributed by atoms with Crippen LogP contribution in [0.3, 0.4) is 0 Å². The number of carbonyl (C=O) groups excluding carboxylic acids is 2. The van der Waals surface area contributed by atoms with Gasteiger partial charge in [0.2, 0.25) is 0 Å². The van der Waals surface area contributed by atoms with E-state index in [-0.39, 0.29) is 11.3 Å². The predicted molar refractivity (Wildman–Crippen MR) is 125 cm³/mol. The highest BCUT2D eigenvalue weighted by atomic mass is 35.5. The van der Waals surface area contributed by atoms with Crippen molar-refractivity contribution in [3.8, 4) is 0 Å². The summed E-state index contributed by atoms with van der Waals surface area (Å²) < 4.78 is 0.908. The number of ketones is 1. The SMILES string of the molecule is Cc1ccc2nc(N3C(=O)C(=O)/C(=C(/O)c4ccncc4)C3c3ccc(Cl)cc3)sc2c1. The first-order chi connectivity index (χ1) is 15.4. The number of benzene rings is 2. The van der Waals surface area contributed by atoms with Crippen LogP contribution >= 0.6 is 22.9 Å². The van der Waals surface area contributed by atoms with Crippen LogP contribution in [0.2, 0.25) is 5.02 Å². The Kier molecular flexibility index (Phi) is 5.00. The summed E-state index contributed by atoms with van der Waals surface area (Å²) in [5.74, 6) is -1.77. The van der Waals surface area contributed by atoms with Crippen molar-refractivity contribution >= 4 is 55.7 Å². The molecule has 0 spiro atoms. The summed E-state index contributed by atoms with van der Waals surface area (Å²) in [7, 11) is 0. The average molecular weight is 462 g/mol. The van der Waals surface area contributed by atoms with Crippen molar-refractivity contribution in [2.45, 2.75) is 13.0 Å². The summed E-state index contributed by atoms with van der Waals surface area (Å²) in [4.78, 5) is 36.3. The van der Waals surface area contributed by atoms with E-state index in [2.05, 4.69) is 9.97 Å². The molecule has 1 atom stereocenters. The Hall–Kier alpha value is -3.55. The molecule has 0 aliphatic carbocycles. The molecule has 5 rings (SSSR count). The highest BCUT2D eigenvalue weighted by Gasteiger charge is 2.48. The van der Waals surface area contributed by atoms with Crippen LogP contribution in [0.15, 0.2) is 72.6 Å². The number of hydrogen-bond acceptors (Lipinski definition) is 6. The molecule has 8 heteroatoms. The third-order valence-electron chi connectivity index (χ3n) is 5.32. The number of aromatic nitrogens is 2. The maximum absolute atomic E-state index is 13.2. The molecule has 1 aliphatic heterocycles. The average Bonchev–Trinajstić information content (AvgIpc) is 3.32. The normalized spacial score (nSPS) is 17.9. The van der Waals surface area contributed by atoms with Crippen LogP contribution in [0.25, 0.3) is 16.0 Å². The number of hydrogen-bond donors (Lipinski definition) is 1. The van der Waals surface area contributed by atoms with Crippen LogP contribution in [-0.2, 0) is 9.59 Å². The van der Waals surface area contributed by atoms with Crippen LogP contribution in [0, 0.1) is 6.92 Å². The molecular formula is C24H16ClN3O3S. The number of amides is 1. The number of anilines is 1. The zero-order chi connectivity index (χ0) is 22.4. The van der Waals surface area contributed by atoms with Crippen molar-refractivity contribution in [2.75, 3.05) is 4.90 Å². The first-order valence-corrected chi connectivity index (χ1v) is 11.0. The minimum atomic E-state index is -0.845. The third kappa shape index (κ3) is 3.36. The van der Waals surface area contributed by atoms with E-state index in [9.17, 15) is 14.7 Å². The van der Waals surface area contributed by atoms with Gasteiger partial charge in [0.1, 0.15) is 5.76 Å². The topological polar surface area (TPSA) is 83.4 Å². The molecule has 0 bridgehead atoms. The van der Waals surface area contributed by atoms with E-state index in [4.69, 9.17) is 11.6 Å². The van der Waals surface area contributed by atoms with Crippen molar-refractivity contribution in [3.05, 3.63) is 94.3 Å². The quantitative estimate of drug-likeness (QED) is 0.255. The number of pyridine rings is 1. The summed E-state index contributed by atoms with van der Waals surface area (Å²) in [6, 6.07) is 15.0. The molecule has 4 aromatic rings. The fraction of sp³-hybridized carbons (Fsp3) is 0.0833. The molecule has 1 N–H and O–H groups in total. The summed E-state index contributed by atoms with van der Waals surface area (Å²) in [5.41, 5.74) is 2.85. The number of aliphatic hydroxyl groups excluding tert-OH is 1. The summed E-state index contributed by atoms with van der Waals surface area (Å²) in [6.45, 7) is 1.98. The van der Waals surface area contributed by atoms with Crippen LogP contribution in [0.5, 0.6) is 0 Å². The van der Waals surface area contributed by atoms with Gasteiger partial charge in [0.15, 0.2) is 5.13 Å². The Morgan fingerprint density at radius 3 is 2.50 bits per heavy atom. The molecule has 1 saturated heterocycles. The van der Waals surface area contributed by atoms with Gasteiger partial charge in [0, 0.05) is 23.0 Å². The number of rotatable bonds is 3. The van der Waals surface area contributed by atoms with E-state index in [0.29, 0.717) is 21.3 Å². The maximum Gasteiger partial charge on any atom is 0.301 e. The minimum Gasteiger partial charge on any atom is -0.507 e. The third-order valence-corrected chi connectivity index (χ3v) is 6.59. The molecule has 1 unspecified atom stereocenters. The Morgan fingerprint density at radius 2 is 1.78 bits per heavy atom. The molecule has 2 aromatic carbocycles. The van der Waals surface area contributed by atoms with E-state index >= 15 is 0 Å². The second-order valence-electron chi connectivity index (χ2n) is 7.42. The number of fused-ring (bicyclic) bond motifs is 1. The Balaban J connectivity index is 1.73. The number of nitrogens with zero attached hydrogens (tertiary/aromatic N) is 3. The molecule has 2 aromatic heterocycles. The van der Waals surface area contributed by atoms with Crippen molar-refractivity contribution < 1.29 is 14.7 Å². The Bertz CT molecular complexity index is 1400. The molecule has 0 saturated carbocycles. The lowest BCUT2D eigenvalue weighted by molar-refractivity contribution is -0.132. The first-order valence-electron chi connectivity index (χ1n) is 9.78. The van der Waals surface area contributed by atoms with Gasteiger partial charge in [0.25, 0.3) is 5.78 Å². The van der Waals surface area contributed by atoms with E-state index in [1.165, 1.54) is 28.6 Å². The highest BCUT2D eigenvalue weighted by Crippen LogP contribution is 2.44. The molecule has 1 amide bonds. The molecule has 0 radical (unpaired) electrons. The van der Waals surface area contributed by atoms with E-state index in [0.717, 1.165) is 15.8 Å². The van der Waals surface area contributed by atoms with Gasteiger partial charge in [-0.2, -0.15) is 0 Å². The molecule has 1 aliphatic rings. The lowest BCUT2D eigenvalue weighted by Gasteiger charge is -2.23. The molecule has 158 valence electrons. The van der Waals surface area contributed by atoms with Crippen molar-refractivity contribution in [1.29, 1.82) is 0 Å². The summed E-state index contributed by atoms with van der Waals surface area (Å²) in [5, 5.41) is 12.0. The van der Waals surface area contributed by atoms with Crippen LogP contribution in [0.4, 0.5) is 5.13 Å². The van der Waals surface area contributed by atoms with E-state index in [1.54, 1.807) is 36.4 Å². The van der Waals surface area contributed by atoms with Crippen molar-refractivity contribution in [3.63, 3.8) is 0 Å². The van der Waals surface area contributed by atoms with E-state index < -0.39 is 17.7 Å². The number of carbonyl (C=O) groups is 2. The van der Waals surface area contributed by atoms with Crippen molar-refractivity contribution in [2.24, 2.45) is 0 Å².